The molecule has 38 heavy (non-hydrogen) atoms. The second kappa shape index (κ2) is 12.4. The monoisotopic (exact) mass is 548 g/mol. The molecule has 2 saturated heterocycles. The number of pyridine rings is 1. The van der Waals surface area contributed by atoms with E-state index in [2.05, 4.69) is 4.98 Å². The van der Waals surface area contributed by atoms with Crippen molar-refractivity contribution in [2.24, 2.45) is 0 Å². The molecule has 4 rings (SSSR count). The molecular weight excluding hydrogens is 512 g/mol. The van der Waals surface area contributed by atoms with Gasteiger partial charge in [0.1, 0.15) is 5.75 Å². The number of methoxy groups -OCH3 is 2. The fraction of sp³-hybridized carbons (Fsp3) is 0.556. The molecule has 3 heterocycles. The van der Waals surface area contributed by atoms with E-state index in [1.807, 2.05) is 30.3 Å². The van der Waals surface area contributed by atoms with Crippen LogP contribution in [-0.4, -0.2) is 87.3 Å². The zero-order valence-electron chi connectivity index (χ0n) is 21.9. The summed E-state index contributed by atoms with van der Waals surface area (Å²) < 4.78 is 48.7. The summed E-state index contributed by atoms with van der Waals surface area (Å²) in [6.07, 6.45) is 1.98. The molecule has 0 atom stereocenters. The molecule has 0 radical (unpaired) electrons. The van der Waals surface area contributed by atoms with Crippen LogP contribution in [0.1, 0.15) is 43.6 Å². The quantitative estimate of drug-likeness (QED) is 0.352. The van der Waals surface area contributed by atoms with Crippen molar-refractivity contribution in [2.45, 2.75) is 42.8 Å². The number of hydrogen-bond donors (Lipinski definition) is 1. The maximum absolute atomic E-state index is 13.6. The highest BCUT2D eigenvalue weighted by molar-refractivity contribution is 7.91. The number of carbonyl (C=O) groups is 1. The summed E-state index contributed by atoms with van der Waals surface area (Å²) in [7, 11) is -1.07. The second-order valence-corrected chi connectivity index (χ2v) is 11.8. The minimum Gasteiger partial charge on any atom is -0.496 e. The predicted molar refractivity (Wildman–Crippen MR) is 141 cm³/mol. The first kappa shape index (κ1) is 28.3. The third-order valence-electron chi connectivity index (χ3n) is 7.39. The van der Waals surface area contributed by atoms with Gasteiger partial charge >= 0.3 is 5.97 Å². The zero-order valence-corrected chi connectivity index (χ0v) is 22.7. The van der Waals surface area contributed by atoms with Gasteiger partial charge in [0.25, 0.3) is 0 Å². The lowest BCUT2D eigenvalue weighted by Crippen LogP contribution is -2.57. The number of ether oxygens (including phenoxy) is 4. The Morgan fingerprint density at radius 3 is 2.55 bits per heavy atom. The minimum atomic E-state index is -3.91. The molecular formula is C27H36N2O8S. The number of benzene rings is 1. The van der Waals surface area contributed by atoms with Crippen molar-refractivity contribution < 1.29 is 37.3 Å². The number of aliphatic hydroxyl groups excluding tert-OH is 1. The van der Waals surface area contributed by atoms with Crippen molar-refractivity contribution >= 4 is 16.0 Å². The summed E-state index contributed by atoms with van der Waals surface area (Å²) in [6.45, 7) is 1.51. The molecule has 0 spiro atoms. The fourth-order valence-electron chi connectivity index (χ4n) is 5.19. The summed E-state index contributed by atoms with van der Waals surface area (Å²) in [5.41, 5.74) is 2.59. The Morgan fingerprint density at radius 1 is 1.16 bits per heavy atom. The molecule has 208 valence electrons. The van der Waals surface area contributed by atoms with Crippen LogP contribution in [0.2, 0.25) is 0 Å². The molecule has 0 bridgehead atoms. The van der Waals surface area contributed by atoms with Gasteiger partial charge in [-0.2, -0.15) is 0 Å². The van der Waals surface area contributed by atoms with E-state index >= 15 is 0 Å². The van der Waals surface area contributed by atoms with Gasteiger partial charge in [-0.3, -0.25) is 4.79 Å². The van der Waals surface area contributed by atoms with Crippen molar-refractivity contribution in [1.29, 1.82) is 0 Å². The number of hydrogen-bond acceptors (Lipinski definition) is 9. The van der Waals surface area contributed by atoms with Crippen LogP contribution in [0.5, 0.6) is 11.6 Å². The minimum absolute atomic E-state index is 0.0565. The van der Waals surface area contributed by atoms with Gasteiger partial charge in [-0.1, -0.05) is 12.1 Å². The lowest BCUT2D eigenvalue weighted by Gasteiger charge is -2.40. The molecule has 1 N–H and O–H groups in total. The standard InChI is InChI=1S/C27H36N2O8S/c1-34-24-19-21(7-8-22(24)23-5-3-6-25(28-23)37-16-4-15-30)20-9-13-29(14-10-20)38(32,33)27(26(31)35-2)11-17-36-18-12-27/h3,5-8,19-20,30H,4,9-18H2,1-2H3. The molecule has 2 fully saturated rings. The van der Waals surface area contributed by atoms with Gasteiger partial charge in [0.2, 0.25) is 15.9 Å². The normalized spacial score (nSPS) is 18.6. The van der Waals surface area contributed by atoms with E-state index in [0.29, 0.717) is 56.3 Å². The number of sulfonamides is 1. The molecule has 2 aromatic rings. The van der Waals surface area contributed by atoms with Crippen LogP contribution >= 0.6 is 0 Å². The number of esters is 1. The number of aliphatic hydroxyl groups is 1. The molecule has 0 saturated carbocycles. The van der Waals surface area contributed by atoms with Crippen LogP contribution in [0.4, 0.5) is 0 Å². The first-order chi connectivity index (χ1) is 18.4. The van der Waals surface area contributed by atoms with Crippen molar-refractivity contribution in [2.75, 3.05) is 53.7 Å². The Kier molecular flexibility index (Phi) is 9.24. The second-order valence-electron chi connectivity index (χ2n) is 9.52. The van der Waals surface area contributed by atoms with Crippen LogP contribution in [0, 0.1) is 0 Å². The van der Waals surface area contributed by atoms with Crippen LogP contribution in [0.25, 0.3) is 11.3 Å². The summed E-state index contributed by atoms with van der Waals surface area (Å²) >= 11 is 0. The third-order valence-corrected chi connectivity index (χ3v) is 10.0. The van der Waals surface area contributed by atoms with Gasteiger partial charge in [-0.05, 0) is 42.5 Å². The van der Waals surface area contributed by atoms with E-state index < -0.39 is 20.7 Å². The maximum atomic E-state index is 13.6. The van der Waals surface area contributed by atoms with Gasteiger partial charge in [0.05, 0.1) is 26.5 Å². The summed E-state index contributed by atoms with van der Waals surface area (Å²) in [6, 6.07) is 11.5. The van der Waals surface area contributed by atoms with Crippen molar-refractivity contribution in [1.82, 2.24) is 9.29 Å². The average molecular weight is 549 g/mol. The Hall–Kier alpha value is -2.73. The highest BCUT2D eigenvalue weighted by Gasteiger charge is 2.55. The summed E-state index contributed by atoms with van der Waals surface area (Å²) in [5, 5.41) is 8.96. The largest absolute Gasteiger partial charge is 0.496 e. The maximum Gasteiger partial charge on any atom is 0.328 e. The van der Waals surface area contributed by atoms with E-state index in [-0.39, 0.29) is 38.6 Å². The molecule has 10 nitrogen and oxygen atoms in total. The average Bonchev–Trinajstić information content (AvgIpc) is 2.97. The smallest absolute Gasteiger partial charge is 0.328 e. The Morgan fingerprint density at radius 2 is 1.89 bits per heavy atom. The van der Waals surface area contributed by atoms with E-state index in [1.165, 1.54) is 11.4 Å². The predicted octanol–water partition coefficient (Wildman–Crippen LogP) is 2.75. The van der Waals surface area contributed by atoms with Crippen molar-refractivity contribution in [3.8, 4) is 22.9 Å². The first-order valence-electron chi connectivity index (χ1n) is 12.9. The topological polar surface area (TPSA) is 124 Å². The van der Waals surface area contributed by atoms with E-state index in [1.54, 1.807) is 13.2 Å². The van der Waals surface area contributed by atoms with Crippen molar-refractivity contribution in [3.05, 3.63) is 42.0 Å². The number of rotatable bonds is 10. The van der Waals surface area contributed by atoms with Crippen LogP contribution in [0.15, 0.2) is 36.4 Å². The molecule has 1 aromatic heterocycles. The number of aromatic nitrogens is 1. The van der Waals surface area contributed by atoms with Gasteiger partial charge < -0.3 is 24.1 Å². The lowest BCUT2D eigenvalue weighted by atomic mass is 9.89. The van der Waals surface area contributed by atoms with E-state index in [4.69, 9.17) is 24.1 Å². The molecule has 1 aromatic carbocycles. The molecule has 11 heteroatoms. The Bertz CT molecular complexity index is 1210. The summed E-state index contributed by atoms with van der Waals surface area (Å²) in [5.74, 6) is 0.586. The van der Waals surface area contributed by atoms with Gasteiger partial charge in [-0.15, -0.1) is 0 Å². The highest BCUT2D eigenvalue weighted by Crippen LogP contribution is 2.39. The molecule has 2 aliphatic heterocycles. The number of piperidine rings is 1. The zero-order chi connectivity index (χ0) is 27.2. The van der Waals surface area contributed by atoms with Crippen LogP contribution in [-0.2, 0) is 24.3 Å². The molecule has 2 aliphatic rings. The number of nitrogens with zero attached hydrogens (tertiary/aromatic N) is 2. The first-order valence-corrected chi connectivity index (χ1v) is 14.3. The highest BCUT2D eigenvalue weighted by atomic mass is 32.2. The summed E-state index contributed by atoms with van der Waals surface area (Å²) in [4.78, 5) is 17.2. The fourth-order valence-corrected chi connectivity index (χ4v) is 7.35. The SMILES string of the molecule is COC(=O)C1(S(=O)(=O)N2CCC(c3ccc(-c4cccc(OCCCO)n4)c(OC)c3)CC2)CCOCC1. The van der Waals surface area contributed by atoms with Crippen LogP contribution < -0.4 is 9.47 Å². The van der Waals surface area contributed by atoms with Gasteiger partial charge in [0.15, 0.2) is 4.75 Å². The Balaban J connectivity index is 1.48. The molecule has 0 aliphatic carbocycles. The third kappa shape index (κ3) is 5.66. The number of carbonyl (C=O) groups excluding carboxylic acids is 1. The van der Waals surface area contributed by atoms with Crippen molar-refractivity contribution in [3.63, 3.8) is 0 Å². The van der Waals surface area contributed by atoms with Crippen LogP contribution in [0.3, 0.4) is 0 Å². The van der Waals surface area contributed by atoms with Gasteiger partial charge in [0, 0.05) is 63.8 Å². The lowest BCUT2D eigenvalue weighted by molar-refractivity contribution is -0.146. The molecule has 0 unspecified atom stereocenters. The van der Waals surface area contributed by atoms with Gasteiger partial charge in [-0.25, -0.2) is 17.7 Å². The molecule has 0 amide bonds. The Labute approximate surface area is 223 Å². The van der Waals surface area contributed by atoms with E-state index in [9.17, 15) is 13.2 Å². The van der Waals surface area contributed by atoms with E-state index in [0.717, 1.165) is 11.1 Å².